The second kappa shape index (κ2) is 3.96. The van der Waals surface area contributed by atoms with E-state index in [1.54, 1.807) is 0 Å². The number of anilines is 1. The van der Waals surface area contributed by atoms with Crippen LogP contribution in [-0.2, 0) is 10.3 Å². The number of ketones is 1. The Balaban J connectivity index is 2.77. The van der Waals surface area contributed by atoms with E-state index >= 15 is 0 Å². The minimum Gasteiger partial charge on any atom is -0.334 e. The Labute approximate surface area is 99.2 Å². The average molecular weight is 255 g/mol. The molecule has 0 saturated heterocycles. The lowest BCUT2D eigenvalue weighted by atomic mass is 9.92. The highest BCUT2D eigenvalue weighted by Gasteiger charge is 2.34. The molecular formula is C11H10FNO3S. The molecule has 6 heteroatoms. The second-order valence-electron chi connectivity index (χ2n) is 3.88. The fourth-order valence-electron chi connectivity index (χ4n) is 2.00. The molecule has 1 unspecified atom stereocenters. The van der Waals surface area contributed by atoms with Crippen molar-refractivity contribution in [2.24, 2.45) is 5.92 Å². The monoisotopic (exact) mass is 255 g/mol. The lowest BCUT2D eigenvalue weighted by Gasteiger charge is -2.30. The first-order valence-corrected chi connectivity index (χ1v) is 6.04. The van der Waals surface area contributed by atoms with Crippen LogP contribution in [-0.4, -0.2) is 26.2 Å². The number of rotatable bonds is 0. The summed E-state index contributed by atoms with van der Waals surface area (Å²) < 4.78 is 35.3. The summed E-state index contributed by atoms with van der Waals surface area (Å²) in [7, 11) is -0.991. The molecule has 0 N–H and O–H groups in total. The molecule has 4 nitrogen and oxygen atoms in total. The number of fused-ring (bicyclic) bond motifs is 1. The van der Waals surface area contributed by atoms with E-state index in [0.717, 1.165) is 6.07 Å². The number of Topliss-reactive ketones (excluding diaryl/α,β-unsaturated/α-hetero) is 1. The summed E-state index contributed by atoms with van der Waals surface area (Å²) in [6.07, 6.45) is 0. The molecule has 2 rings (SSSR count). The zero-order chi connectivity index (χ0) is 12.7. The van der Waals surface area contributed by atoms with Crippen molar-refractivity contribution in [3.05, 3.63) is 29.6 Å². The van der Waals surface area contributed by atoms with Crippen LogP contribution in [0.25, 0.3) is 0 Å². The fraction of sp³-hybridized carbons (Fsp3) is 0.273. The van der Waals surface area contributed by atoms with Gasteiger partial charge in [-0.05, 0) is 25.1 Å². The number of hydrogen-bond donors (Lipinski definition) is 0. The van der Waals surface area contributed by atoms with Crippen molar-refractivity contribution in [1.29, 1.82) is 0 Å². The number of carbonyl (C=O) groups is 1. The summed E-state index contributed by atoms with van der Waals surface area (Å²) in [6.45, 7) is 1.52. The number of nitrogens with zero attached hydrogens (tertiary/aromatic N) is 1. The van der Waals surface area contributed by atoms with Crippen molar-refractivity contribution < 1.29 is 17.6 Å². The molecule has 17 heavy (non-hydrogen) atoms. The first-order chi connectivity index (χ1) is 7.93. The lowest BCUT2D eigenvalue weighted by molar-refractivity contribution is 0.0959. The van der Waals surface area contributed by atoms with Crippen molar-refractivity contribution >= 4 is 26.8 Å². The normalized spacial score (nSPS) is 19.2. The van der Waals surface area contributed by atoms with E-state index in [1.165, 1.54) is 31.0 Å². The molecule has 0 amide bonds. The minimum absolute atomic E-state index is 0.0342. The molecule has 1 heterocycles. The van der Waals surface area contributed by atoms with Crippen LogP contribution < -0.4 is 4.90 Å². The molecule has 0 radical (unpaired) electrons. The van der Waals surface area contributed by atoms with Gasteiger partial charge in [-0.1, -0.05) is 0 Å². The Morgan fingerprint density at radius 1 is 1.35 bits per heavy atom. The third-order valence-corrected chi connectivity index (χ3v) is 3.82. The quantitative estimate of drug-likeness (QED) is 0.651. The Morgan fingerprint density at radius 2 is 2.00 bits per heavy atom. The van der Waals surface area contributed by atoms with Gasteiger partial charge in [0, 0.05) is 12.6 Å². The zero-order valence-electron chi connectivity index (χ0n) is 9.27. The van der Waals surface area contributed by atoms with Crippen LogP contribution in [0.4, 0.5) is 10.1 Å². The van der Waals surface area contributed by atoms with E-state index in [0.29, 0.717) is 5.56 Å². The highest BCUT2D eigenvalue weighted by atomic mass is 32.2. The number of hydrogen-bond acceptors (Lipinski definition) is 3. The Kier molecular flexibility index (Phi) is 2.74. The topological polar surface area (TPSA) is 54.5 Å². The van der Waals surface area contributed by atoms with Crippen LogP contribution in [0, 0.1) is 11.7 Å². The van der Waals surface area contributed by atoms with Gasteiger partial charge in [-0.15, -0.1) is 0 Å². The van der Waals surface area contributed by atoms with Crippen LogP contribution in [0.5, 0.6) is 0 Å². The summed E-state index contributed by atoms with van der Waals surface area (Å²) >= 11 is 0. The van der Waals surface area contributed by atoms with Gasteiger partial charge in [0.25, 0.3) is 0 Å². The molecule has 1 aromatic carbocycles. The van der Waals surface area contributed by atoms with Gasteiger partial charge in [0.15, 0.2) is 10.8 Å². The van der Waals surface area contributed by atoms with Gasteiger partial charge in [0.2, 0.25) is 10.3 Å². The van der Waals surface area contributed by atoms with Crippen molar-refractivity contribution in [3.63, 3.8) is 0 Å². The van der Waals surface area contributed by atoms with Gasteiger partial charge in [-0.25, -0.2) is 4.39 Å². The van der Waals surface area contributed by atoms with Crippen molar-refractivity contribution in [2.75, 3.05) is 11.9 Å². The highest BCUT2D eigenvalue weighted by Crippen LogP contribution is 2.30. The van der Waals surface area contributed by atoms with Crippen molar-refractivity contribution in [1.82, 2.24) is 0 Å². The van der Waals surface area contributed by atoms with E-state index in [9.17, 15) is 17.6 Å². The lowest BCUT2D eigenvalue weighted by Crippen LogP contribution is -2.41. The van der Waals surface area contributed by atoms with Crippen LogP contribution in [0.15, 0.2) is 18.2 Å². The van der Waals surface area contributed by atoms with E-state index in [1.807, 2.05) is 0 Å². The molecule has 0 fully saturated rings. The molecule has 90 valence electrons. The van der Waals surface area contributed by atoms with E-state index in [2.05, 4.69) is 0 Å². The molecule has 1 aliphatic rings. The van der Waals surface area contributed by atoms with Crippen LogP contribution in [0.1, 0.15) is 17.3 Å². The first-order valence-electron chi connectivity index (χ1n) is 4.97. The fourth-order valence-corrected chi connectivity index (χ4v) is 2.72. The number of carbonyl (C=O) groups excluding carboxylic acids is 1. The van der Waals surface area contributed by atoms with Gasteiger partial charge < -0.3 is 4.90 Å². The summed E-state index contributed by atoms with van der Waals surface area (Å²) in [5, 5.41) is 0. The Bertz CT molecular complexity index is 628. The molecule has 1 aromatic rings. The maximum atomic E-state index is 13.1. The molecular weight excluding hydrogens is 245 g/mol. The summed E-state index contributed by atoms with van der Waals surface area (Å²) in [5.41, 5.74) is 0.628. The maximum absolute atomic E-state index is 13.1. The second-order valence-corrected chi connectivity index (χ2v) is 4.77. The number of halogens is 1. The average Bonchev–Trinajstić information content (AvgIpc) is 2.26. The molecule has 0 aliphatic carbocycles. The predicted molar refractivity (Wildman–Crippen MR) is 62.2 cm³/mol. The molecule has 1 atom stereocenters. The van der Waals surface area contributed by atoms with Crippen LogP contribution >= 0.6 is 0 Å². The highest BCUT2D eigenvalue weighted by molar-refractivity contribution is 7.73. The summed E-state index contributed by atoms with van der Waals surface area (Å²) in [6, 6.07) is 3.73. The molecule has 0 bridgehead atoms. The van der Waals surface area contributed by atoms with E-state index in [-0.39, 0.29) is 16.5 Å². The summed E-state index contributed by atoms with van der Waals surface area (Å²) in [4.78, 5) is 13.3. The van der Waals surface area contributed by atoms with Gasteiger partial charge >= 0.3 is 0 Å². The third kappa shape index (κ3) is 1.74. The Morgan fingerprint density at radius 3 is 2.59 bits per heavy atom. The minimum atomic E-state index is -2.50. The van der Waals surface area contributed by atoms with Gasteiger partial charge in [-0.2, -0.15) is 8.42 Å². The maximum Gasteiger partial charge on any atom is 0.234 e. The molecule has 1 aliphatic heterocycles. The number of benzene rings is 1. The predicted octanol–water partition coefficient (Wildman–Crippen LogP) is 1.10. The zero-order valence-corrected chi connectivity index (χ0v) is 10.1. The summed E-state index contributed by atoms with van der Waals surface area (Å²) in [5.74, 6) is -1.55. The van der Waals surface area contributed by atoms with Crippen LogP contribution in [0.3, 0.4) is 0 Å². The largest absolute Gasteiger partial charge is 0.334 e. The Hall–Kier alpha value is -1.69. The smallest absolute Gasteiger partial charge is 0.234 e. The van der Waals surface area contributed by atoms with Gasteiger partial charge in [-0.3, -0.25) is 4.79 Å². The molecule has 0 aromatic heterocycles. The molecule has 0 saturated carbocycles. The van der Waals surface area contributed by atoms with Crippen molar-refractivity contribution in [2.45, 2.75) is 6.92 Å². The van der Waals surface area contributed by atoms with Crippen molar-refractivity contribution in [3.8, 4) is 0 Å². The molecule has 0 spiro atoms. The van der Waals surface area contributed by atoms with E-state index < -0.39 is 22.0 Å². The van der Waals surface area contributed by atoms with E-state index in [4.69, 9.17) is 0 Å². The third-order valence-electron chi connectivity index (χ3n) is 2.85. The van der Waals surface area contributed by atoms with Gasteiger partial charge in [0.1, 0.15) is 5.82 Å². The standard InChI is InChI=1S/C11H10FNO3S/c1-6-10(14)8-4-3-7(12)5-9(8)13(2)11(6)17(15)16/h3-6H,1-2H3. The first kappa shape index (κ1) is 11.8. The van der Waals surface area contributed by atoms with Crippen LogP contribution in [0.2, 0.25) is 0 Å². The SMILES string of the molecule is CC1C(=O)c2ccc(F)cc2N(C)C1=S(=O)=O. The van der Waals surface area contributed by atoms with Gasteiger partial charge in [0.05, 0.1) is 11.6 Å².